The molecule has 4 rings (SSSR count). The minimum absolute atomic E-state index is 0.313. The third-order valence-corrected chi connectivity index (χ3v) is 5.35. The molecule has 2 aromatic heterocycles. The summed E-state index contributed by atoms with van der Waals surface area (Å²) in [5, 5.41) is 8.31. The van der Waals surface area contributed by atoms with Crippen LogP contribution in [0.4, 0.5) is 5.69 Å². The van der Waals surface area contributed by atoms with Crippen molar-refractivity contribution in [2.75, 3.05) is 19.5 Å². The summed E-state index contributed by atoms with van der Waals surface area (Å²) >= 11 is 0. The summed E-state index contributed by atoms with van der Waals surface area (Å²) in [6, 6.07) is 17.0. The number of hydrogen-bond acceptors (Lipinski definition) is 6. The Kier molecular flexibility index (Phi) is 6.17. The van der Waals surface area contributed by atoms with Crippen LogP contribution >= 0.6 is 0 Å². The molecular formula is C25H26N4O4. The number of aryl methyl sites for hydroxylation is 2. The Morgan fingerprint density at radius 1 is 1.03 bits per heavy atom. The molecular weight excluding hydrogens is 420 g/mol. The van der Waals surface area contributed by atoms with E-state index in [9.17, 15) is 4.79 Å². The van der Waals surface area contributed by atoms with Gasteiger partial charge < -0.3 is 19.5 Å². The Balaban J connectivity index is 1.61. The fraction of sp³-hybridized carbons (Fsp3) is 0.240. The van der Waals surface area contributed by atoms with E-state index in [0.717, 1.165) is 22.2 Å². The van der Waals surface area contributed by atoms with E-state index in [1.807, 2.05) is 50.4 Å². The van der Waals surface area contributed by atoms with E-state index < -0.39 is 6.10 Å². The molecule has 0 saturated heterocycles. The summed E-state index contributed by atoms with van der Waals surface area (Å²) in [6.45, 7) is 3.63. The Labute approximate surface area is 192 Å². The van der Waals surface area contributed by atoms with Gasteiger partial charge in [0.25, 0.3) is 5.91 Å². The first kappa shape index (κ1) is 22.1. The highest BCUT2D eigenvalue weighted by atomic mass is 16.5. The van der Waals surface area contributed by atoms with Gasteiger partial charge in [0.15, 0.2) is 23.3 Å². The molecule has 1 atom stereocenters. The summed E-state index contributed by atoms with van der Waals surface area (Å²) in [4.78, 5) is 17.4. The number of carbonyl (C=O) groups is 1. The van der Waals surface area contributed by atoms with Crippen molar-refractivity contribution in [2.45, 2.75) is 20.0 Å². The molecule has 0 aliphatic heterocycles. The van der Waals surface area contributed by atoms with Gasteiger partial charge in [0, 0.05) is 24.9 Å². The van der Waals surface area contributed by atoms with Crippen molar-refractivity contribution < 1.29 is 19.0 Å². The smallest absolute Gasteiger partial charge is 0.265 e. The van der Waals surface area contributed by atoms with Gasteiger partial charge in [-0.1, -0.05) is 30.3 Å². The van der Waals surface area contributed by atoms with Crippen molar-refractivity contribution in [3.05, 3.63) is 60.3 Å². The van der Waals surface area contributed by atoms with E-state index in [1.54, 1.807) is 44.0 Å². The largest absolute Gasteiger partial charge is 0.493 e. The molecule has 8 nitrogen and oxygen atoms in total. The molecule has 4 aromatic rings. The summed E-state index contributed by atoms with van der Waals surface area (Å²) in [5.74, 6) is 1.14. The van der Waals surface area contributed by atoms with Crippen molar-refractivity contribution in [3.8, 4) is 28.5 Å². The number of hydrogen-bond donors (Lipinski definition) is 1. The number of pyridine rings is 1. The first-order valence-electron chi connectivity index (χ1n) is 10.5. The van der Waals surface area contributed by atoms with Gasteiger partial charge in [-0.2, -0.15) is 10.1 Å². The number of carbonyl (C=O) groups excluding carboxylic acids is 1. The van der Waals surface area contributed by atoms with Crippen LogP contribution < -0.4 is 19.5 Å². The Morgan fingerprint density at radius 3 is 2.45 bits per heavy atom. The number of anilines is 1. The lowest BCUT2D eigenvalue weighted by Crippen LogP contribution is -2.30. The molecule has 0 bridgehead atoms. The van der Waals surface area contributed by atoms with E-state index in [0.29, 0.717) is 28.7 Å². The zero-order valence-corrected chi connectivity index (χ0v) is 19.2. The Hall–Kier alpha value is -4.07. The van der Waals surface area contributed by atoms with Gasteiger partial charge >= 0.3 is 0 Å². The van der Waals surface area contributed by atoms with E-state index in [2.05, 4.69) is 15.4 Å². The topological polar surface area (TPSA) is 87.5 Å². The van der Waals surface area contributed by atoms with E-state index in [-0.39, 0.29) is 5.91 Å². The van der Waals surface area contributed by atoms with Crippen LogP contribution in [-0.2, 0) is 11.8 Å². The normalized spacial score (nSPS) is 11.8. The molecule has 170 valence electrons. The molecule has 0 radical (unpaired) electrons. The summed E-state index contributed by atoms with van der Waals surface area (Å²) in [6.07, 6.45) is -0.791. The average Bonchev–Trinajstić information content (AvgIpc) is 3.12. The lowest BCUT2D eigenvalue weighted by Gasteiger charge is -2.16. The van der Waals surface area contributed by atoms with E-state index in [4.69, 9.17) is 14.2 Å². The maximum absolute atomic E-state index is 12.8. The molecule has 8 heteroatoms. The van der Waals surface area contributed by atoms with Gasteiger partial charge in [-0.15, -0.1) is 0 Å². The first-order chi connectivity index (χ1) is 15.9. The van der Waals surface area contributed by atoms with Gasteiger partial charge in [-0.3, -0.25) is 9.48 Å². The molecule has 0 aliphatic carbocycles. The number of ether oxygens (including phenoxy) is 3. The molecule has 0 fully saturated rings. The molecule has 0 unspecified atom stereocenters. The zero-order chi connectivity index (χ0) is 23.5. The Morgan fingerprint density at radius 2 is 1.76 bits per heavy atom. The van der Waals surface area contributed by atoms with Crippen molar-refractivity contribution in [3.63, 3.8) is 0 Å². The summed E-state index contributed by atoms with van der Waals surface area (Å²) in [5.41, 5.74) is 4.12. The third-order valence-electron chi connectivity index (χ3n) is 5.35. The molecule has 2 heterocycles. The van der Waals surface area contributed by atoms with Crippen LogP contribution in [0.2, 0.25) is 0 Å². The van der Waals surface area contributed by atoms with E-state index in [1.165, 1.54) is 0 Å². The highest BCUT2D eigenvalue weighted by Gasteiger charge is 2.20. The molecule has 0 spiro atoms. The van der Waals surface area contributed by atoms with Crippen LogP contribution in [0.1, 0.15) is 12.6 Å². The molecule has 1 amide bonds. The molecule has 0 saturated carbocycles. The number of fused-ring (bicyclic) bond motifs is 1. The van der Waals surface area contributed by atoms with Crippen LogP contribution in [0.15, 0.2) is 54.6 Å². The molecule has 0 aliphatic rings. The second kappa shape index (κ2) is 9.20. The van der Waals surface area contributed by atoms with Crippen LogP contribution in [0.3, 0.4) is 0 Å². The third kappa shape index (κ3) is 4.45. The molecule has 2 aromatic carbocycles. The van der Waals surface area contributed by atoms with Gasteiger partial charge in [0.1, 0.15) is 0 Å². The van der Waals surface area contributed by atoms with Gasteiger partial charge in [0.2, 0.25) is 5.88 Å². The second-order valence-electron chi connectivity index (χ2n) is 7.60. The SMILES string of the molecule is COc1ccc(NC(=O)[C@@H](C)Oc2cc(-c3ccccc3)c3c(C)nn(C)c3n2)cc1OC. The fourth-order valence-corrected chi connectivity index (χ4v) is 3.72. The van der Waals surface area contributed by atoms with Crippen LogP contribution in [0.25, 0.3) is 22.2 Å². The maximum Gasteiger partial charge on any atom is 0.265 e. The average molecular weight is 447 g/mol. The second-order valence-corrected chi connectivity index (χ2v) is 7.60. The van der Waals surface area contributed by atoms with Crippen molar-refractivity contribution in [2.24, 2.45) is 7.05 Å². The molecule has 33 heavy (non-hydrogen) atoms. The summed E-state index contributed by atoms with van der Waals surface area (Å²) < 4.78 is 18.2. The lowest BCUT2D eigenvalue weighted by molar-refractivity contribution is -0.122. The summed E-state index contributed by atoms with van der Waals surface area (Å²) in [7, 11) is 4.94. The lowest BCUT2D eigenvalue weighted by atomic mass is 10.0. The van der Waals surface area contributed by atoms with Gasteiger partial charge in [-0.05, 0) is 37.1 Å². The number of nitrogens with one attached hydrogen (secondary N) is 1. The quantitative estimate of drug-likeness (QED) is 0.454. The highest BCUT2D eigenvalue weighted by molar-refractivity contribution is 5.96. The fourth-order valence-electron chi connectivity index (χ4n) is 3.72. The standard InChI is InChI=1S/C25H26N4O4/c1-15-23-19(17-9-7-6-8-10-17)14-22(27-24(23)29(3)28-15)33-16(2)25(30)26-18-11-12-20(31-4)21(13-18)32-5/h6-14,16H,1-5H3,(H,26,30)/t16-/m1/s1. The number of methoxy groups -OCH3 is 2. The monoisotopic (exact) mass is 446 g/mol. The van der Waals surface area contributed by atoms with Crippen molar-refractivity contribution in [1.82, 2.24) is 14.8 Å². The minimum Gasteiger partial charge on any atom is -0.493 e. The molecule has 1 N–H and O–H groups in total. The van der Waals surface area contributed by atoms with Crippen LogP contribution in [-0.4, -0.2) is 41.0 Å². The van der Waals surface area contributed by atoms with Crippen LogP contribution in [0, 0.1) is 6.92 Å². The minimum atomic E-state index is -0.791. The van der Waals surface area contributed by atoms with Crippen LogP contribution in [0.5, 0.6) is 17.4 Å². The number of amides is 1. The van der Waals surface area contributed by atoms with Crippen molar-refractivity contribution >= 4 is 22.6 Å². The predicted octanol–water partition coefficient (Wildman–Crippen LogP) is 4.37. The number of benzene rings is 2. The van der Waals surface area contributed by atoms with Gasteiger partial charge in [0.05, 0.1) is 25.3 Å². The number of rotatable bonds is 7. The zero-order valence-electron chi connectivity index (χ0n) is 19.2. The van der Waals surface area contributed by atoms with Crippen molar-refractivity contribution in [1.29, 1.82) is 0 Å². The first-order valence-corrected chi connectivity index (χ1v) is 10.5. The highest BCUT2D eigenvalue weighted by Crippen LogP contribution is 2.33. The van der Waals surface area contributed by atoms with E-state index >= 15 is 0 Å². The maximum atomic E-state index is 12.8. The predicted molar refractivity (Wildman–Crippen MR) is 127 cm³/mol. The number of nitrogens with zero attached hydrogens (tertiary/aromatic N) is 3. The number of aromatic nitrogens is 3. The Bertz CT molecular complexity index is 1300. The van der Waals surface area contributed by atoms with Gasteiger partial charge in [-0.25, -0.2) is 0 Å².